The molecule has 2 aromatic rings. The van der Waals surface area contributed by atoms with Gasteiger partial charge in [-0.3, -0.25) is 4.68 Å². The molecule has 1 N–H and O–H groups in total. The number of aromatic nitrogens is 2. The molecule has 0 unspecified atom stereocenters. The lowest BCUT2D eigenvalue weighted by molar-refractivity contribution is 0.0733. The quantitative estimate of drug-likeness (QED) is 0.879. The lowest BCUT2D eigenvalue weighted by Gasteiger charge is -2.27. The molecule has 2 heterocycles. The summed E-state index contributed by atoms with van der Waals surface area (Å²) in [5.74, 6) is 0.713. The molecule has 1 saturated heterocycles. The van der Waals surface area contributed by atoms with Crippen LogP contribution in [-0.2, 0) is 7.05 Å². The van der Waals surface area contributed by atoms with E-state index in [1.54, 1.807) is 6.20 Å². The highest BCUT2D eigenvalue weighted by Gasteiger charge is 2.26. The summed E-state index contributed by atoms with van der Waals surface area (Å²) in [5, 5.41) is 8.20. The fourth-order valence-electron chi connectivity index (χ4n) is 2.32. The Kier molecular flexibility index (Phi) is 2.91. The number of halogens is 1. The highest BCUT2D eigenvalue weighted by molar-refractivity contribution is 5.80. The van der Waals surface area contributed by atoms with Crippen molar-refractivity contribution >= 4 is 10.9 Å². The van der Waals surface area contributed by atoms with Gasteiger partial charge in [-0.25, -0.2) is 4.39 Å². The summed E-state index contributed by atoms with van der Waals surface area (Å²) in [7, 11) is 1.90. The fourth-order valence-corrected chi connectivity index (χ4v) is 2.32. The largest absolute Gasteiger partial charge is 0.487 e. The van der Waals surface area contributed by atoms with Crippen LogP contribution >= 0.6 is 0 Å². The fraction of sp³-hybridized carbons (Fsp3) is 0.462. The standard InChI is InChI=1S/C13H16FN3O/c1-17-12-3-2-10(6-9(12)7-16-17)18-13-4-5-15-8-11(13)14/h2-3,6-7,11,13,15H,4-5,8H2,1H3/t11-,13+/m0/s1. The van der Waals surface area contributed by atoms with Crippen molar-refractivity contribution in [3.05, 3.63) is 24.4 Å². The van der Waals surface area contributed by atoms with Crippen molar-refractivity contribution < 1.29 is 9.13 Å². The Morgan fingerprint density at radius 3 is 3.22 bits per heavy atom. The Morgan fingerprint density at radius 2 is 2.39 bits per heavy atom. The first-order valence-electron chi connectivity index (χ1n) is 6.17. The molecule has 1 aliphatic rings. The molecule has 18 heavy (non-hydrogen) atoms. The summed E-state index contributed by atoms with van der Waals surface area (Å²) in [6.45, 7) is 1.18. The van der Waals surface area contributed by atoms with Crippen molar-refractivity contribution in [1.29, 1.82) is 0 Å². The monoisotopic (exact) mass is 249 g/mol. The smallest absolute Gasteiger partial charge is 0.149 e. The molecule has 0 aliphatic carbocycles. The topological polar surface area (TPSA) is 39.1 Å². The number of rotatable bonds is 2. The Morgan fingerprint density at radius 1 is 1.50 bits per heavy atom. The lowest BCUT2D eigenvalue weighted by atomic mass is 10.1. The van der Waals surface area contributed by atoms with E-state index in [9.17, 15) is 4.39 Å². The van der Waals surface area contributed by atoms with E-state index in [4.69, 9.17) is 4.74 Å². The number of benzene rings is 1. The third-order valence-electron chi connectivity index (χ3n) is 3.35. The summed E-state index contributed by atoms with van der Waals surface area (Å²) < 4.78 is 21.2. The van der Waals surface area contributed by atoms with E-state index in [-0.39, 0.29) is 6.10 Å². The summed E-state index contributed by atoms with van der Waals surface area (Å²) in [6.07, 6.45) is 1.20. The van der Waals surface area contributed by atoms with E-state index in [2.05, 4.69) is 10.4 Å². The van der Waals surface area contributed by atoms with Gasteiger partial charge in [0.05, 0.1) is 11.7 Å². The molecule has 4 nitrogen and oxygen atoms in total. The van der Waals surface area contributed by atoms with Crippen molar-refractivity contribution in [2.24, 2.45) is 7.05 Å². The molecule has 3 rings (SSSR count). The van der Waals surface area contributed by atoms with Crippen LogP contribution < -0.4 is 10.1 Å². The van der Waals surface area contributed by atoms with Gasteiger partial charge in [0.15, 0.2) is 0 Å². The highest BCUT2D eigenvalue weighted by Crippen LogP contribution is 2.23. The zero-order chi connectivity index (χ0) is 12.5. The van der Waals surface area contributed by atoms with Crippen LogP contribution in [-0.4, -0.2) is 35.1 Å². The van der Waals surface area contributed by atoms with Crippen molar-refractivity contribution in [1.82, 2.24) is 15.1 Å². The average Bonchev–Trinajstić information content (AvgIpc) is 2.74. The molecule has 0 bridgehead atoms. The zero-order valence-electron chi connectivity index (χ0n) is 10.3. The molecule has 5 heteroatoms. The molecule has 0 spiro atoms. The Bertz CT molecular complexity index is 554. The first kappa shape index (κ1) is 11.5. The first-order chi connectivity index (χ1) is 8.74. The first-order valence-corrected chi connectivity index (χ1v) is 6.17. The van der Waals surface area contributed by atoms with Gasteiger partial charge in [-0.15, -0.1) is 0 Å². The third kappa shape index (κ3) is 2.06. The molecule has 1 aromatic carbocycles. The van der Waals surface area contributed by atoms with E-state index in [0.29, 0.717) is 18.7 Å². The predicted octanol–water partition coefficient (Wildman–Crippen LogP) is 1.65. The highest BCUT2D eigenvalue weighted by atomic mass is 19.1. The van der Waals surface area contributed by atoms with Crippen molar-refractivity contribution in [2.75, 3.05) is 13.1 Å². The minimum Gasteiger partial charge on any atom is -0.487 e. The van der Waals surface area contributed by atoms with E-state index in [0.717, 1.165) is 17.4 Å². The molecule has 1 fully saturated rings. The van der Waals surface area contributed by atoms with Gasteiger partial charge in [-0.1, -0.05) is 0 Å². The minimum absolute atomic E-state index is 0.347. The number of piperidine rings is 1. The van der Waals surface area contributed by atoms with Crippen LogP contribution in [0.4, 0.5) is 4.39 Å². The number of ether oxygens (including phenoxy) is 1. The lowest BCUT2D eigenvalue weighted by Crippen LogP contribution is -2.44. The second-order valence-electron chi connectivity index (χ2n) is 4.65. The number of hydrogen-bond donors (Lipinski definition) is 1. The number of aryl methyl sites for hydroxylation is 1. The summed E-state index contributed by atoms with van der Waals surface area (Å²) in [4.78, 5) is 0. The molecule has 1 aliphatic heterocycles. The van der Waals surface area contributed by atoms with E-state index >= 15 is 0 Å². The maximum atomic E-state index is 13.6. The minimum atomic E-state index is -0.941. The van der Waals surface area contributed by atoms with Crippen LogP contribution in [0.5, 0.6) is 5.75 Å². The van der Waals surface area contributed by atoms with Crippen LogP contribution in [0.25, 0.3) is 10.9 Å². The molecule has 0 amide bonds. The summed E-state index contributed by atoms with van der Waals surface area (Å²) in [6, 6.07) is 5.74. The normalized spacial score (nSPS) is 24.3. The van der Waals surface area contributed by atoms with Crippen LogP contribution in [0.3, 0.4) is 0 Å². The van der Waals surface area contributed by atoms with Gasteiger partial charge < -0.3 is 10.1 Å². The van der Waals surface area contributed by atoms with Crippen molar-refractivity contribution in [2.45, 2.75) is 18.7 Å². The van der Waals surface area contributed by atoms with Crippen LogP contribution in [0.1, 0.15) is 6.42 Å². The van der Waals surface area contributed by atoms with E-state index in [1.807, 2.05) is 29.9 Å². The van der Waals surface area contributed by atoms with Gasteiger partial charge >= 0.3 is 0 Å². The van der Waals surface area contributed by atoms with Gasteiger partial charge in [0, 0.05) is 19.0 Å². The SMILES string of the molecule is Cn1ncc2cc(O[C@@H]3CCNC[C@@H]3F)ccc21. The molecule has 1 aromatic heterocycles. The zero-order valence-corrected chi connectivity index (χ0v) is 10.3. The Labute approximate surface area is 105 Å². The maximum absolute atomic E-state index is 13.6. The molecule has 0 radical (unpaired) electrons. The van der Waals surface area contributed by atoms with E-state index < -0.39 is 6.17 Å². The van der Waals surface area contributed by atoms with Crippen LogP contribution in [0.2, 0.25) is 0 Å². The van der Waals surface area contributed by atoms with Crippen LogP contribution in [0.15, 0.2) is 24.4 Å². The summed E-state index contributed by atoms with van der Waals surface area (Å²) >= 11 is 0. The van der Waals surface area contributed by atoms with Crippen molar-refractivity contribution in [3.8, 4) is 5.75 Å². The van der Waals surface area contributed by atoms with Gasteiger partial charge in [0.25, 0.3) is 0 Å². The van der Waals surface area contributed by atoms with Gasteiger partial charge in [-0.05, 0) is 31.2 Å². The van der Waals surface area contributed by atoms with Gasteiger partial charge in [0.2, 0.25) is 0 Å². The molecular formula is C13H16FN3O. The second kappa shape index (κ2) is 4.57. The number of fused-ring (bicyclic) bond motifs is 1. The summed E-state index contributed by atoms with van der Waals surface area (Å²) in [5.41, 5.74) is 1.05. The number of alkyl halides is 1. The van der Waals surface area contributed by atoms with Gasteiger partial charge in [-0.2, -0.15) is 5.10 Å². The molecular weight excluding hydrogens is 233 g/mol. The Hall–Kier alpha value is -1.62. The second-order valence-corrected chi connectivity index (χ2v) is 4.65. The van der Waals surface area contributed by atoms with E-state index in [1.165, 1.54) is 0 Å². The Balaban J connectivity index is 1.81. The number of nitrogens with one attached hydrogen (secondary N) is 1. The maximum Gasteiger partial charge on any atom is 0.149 e. The average molecular weight is 249 g/mol. The number of hydrogen-bond acceptors (Lipinski definition) is 3. The molecule has 0 saturated carbocycles. The third-order valence-corrected chi connectivity index (χ3v) is 3.35. The van der Waals surface area contributed by atoms with Crippen LogP contribution in [0, 0.1) is 0 Å². The predicted molar refractivity (Wildman–Crippen MR) is 67.5 cm³/mol. The van der Waals surface area contributed by atoms with Crippen molar-refractivity contribution in [3.63, 3.8) is 0 Å². The molecule has 96 valence electrons. The molecule has 2 atom stereocenters. The number of nitrogens with zero attached hydrogens (tertiary/aromatic N) is 2. The van der Waals surface area contributed by atoms with Gasteiger partial charge in [0.1, 0.15) is 18.0 Å².